The topological polar surface area (TPSA) is 0 Å². The van der Waals surface area contributed by atoms with E-state index in [-0.39, 0.29) is 0 Å². The zero-order valence-electron chi connectivity index (χ0n) is 10.3. The van der Waals surface area contributed by atoms with Crippen LogP contribution in [-0.4, -0.2) is 0 Å². The highest BCUT2D eigenvalue weighted by atomic mass is 14.0. The van der Waals surface area contributed by atoms with Crippen LogP contribution in [0.2, 0.25) is 0 Å². The maximum absolute atomic E-state index is 3.89. The summed E-state index contributed by atoms with van der Waals surface area (Å²) in [7, 11) is 0. The van der Waals surface area contributed by atoms with Crippen LogP contribution in [-0.2, 0) is 0 Å². The smallest absolute Gasteiger partial charge is 0.0254 e. The fraction of sp³-hybridized carbons (Fsp3) is 0.375. The van der Waals surface area contributed by atoms with Crippen LogP contribution >= 0.6 is 0 Å². The Bertz CT molecular complexity index is 319. The van der Waals surface area contributed by atoms with Gasteiger partial charge in [0.05, 0.1) is 0 Å². The Morgan fingerprint density at radius 3 is 2.50 bits per heavy atom. The minimum absolute atomic E-state index is 1.15. The average Bonchev–Trinajstić information content (AvgIpc) is 2.34. The summed E-state index contributed by atoms with van der Waals surface area (Å²) in [6.07, 6.45) is 10.6. The molecule has 86 valence electrons. The minimum atomic E-state index is 1.15. The van der Waals surface area contributed by atoms with Crippen LogP contribution in [0.15, 0.2) is 48.6 Å². The van der Waals surface area contributed by atoms with Gasteiger partial charge in [-0.15, -0.1) is 0 Å². The maximum atomic E-state index is 3.89. The molecule has 1 aromatic carbocycles. The van der Waals surface area contributed by atoms with Crippen LogP contribution in [0.25, 0.3) is 6.08 Å². The molecule has 1 rings (SSSR count). The molecule has 16 heavy (non-hydrogen) atoms. The first-order valence-corrected chi connectivity index (χ1v) is 6.25. The van der Waals surface area contributed by atoms with Gasteiger partial charge >= 0.3 is 0 Å². The van der Waals surface area contributed by atoms with E-state index in [9.17, 15) is 0 Å². The van der Waals surface area contributed by atoms with Gasteiger partial charge in [0.2, 0.25) is 0 Å². The van der Waals surface area contributed by atoms with Gasteiger partial charge in [0.1, 0.15) is 0 Å². The van der Waals surface area contributed by atoms with Crippen molar-refractivity contribution in [1.82, 2.24) is 0 Å². The molecule has 0 aliphatic heterocycles. The zero-order valence-corrected chi connectivity index (χ0v) is 10.3. The van der Waals surface area contributed by atoms with E-state index in [2.05, 4.69) is 43.8 Å². The van der Waals surface area contributed by atoms with Gasteiger partial charge < -0.3 is 0 Å². The van der Waals surface area contributed by atoms with Gasteiger partial charge in [0.25, 0.3) is 0 Å². The summed E-state index contributed by atoms with van der Waals surface area (Å²) in [5.41, 5.74) is 2.62. The Hall–Kier alpha value is -1.30. The molecule has 0 fully saturated rings. The van der Waals surface area contributed by atoms with Gasteiger partial charge in [0.15, 0.2) is 0 Å². The van der Waals surface area contributed by atoms with Crippen molar-refractivity contribution in [2.45, 2.75) is 39.0 Å². The average molecular weight is 214 g/mol. The van der Waals surface area contributed by atoms with Gasteiger partial charge in [-0.05, 0) is 24.0 Å². The van der Waals surface area contributed by atoms with Crippen LogP contribution in [0, 0.1) is 0 Å². The Morgan fingerprint density at radius 1 is 1.12 bits per heavy atom. The molecule has 0 saturated heterocycles. The van der Waals surface area contributed by atoms with E-state index < -0.39 is 0 Å². The van der Waals surface area contributed by atoms with Crippen molar-refractivity contribution in [3.8, 4) is 0 Å². The lowest BCUT2D eigenvalue weighted by molar-refractivity contribution is 0.669. The molecule has 0 atom stereocenters. The fourth-order valence-corrected chi connectivity index (χ4v) is 1.75. The van der Waals surface area contributed by atoms with E-state index in [4.69, 9.17) is 0 Å². The molecular formula is C16H22. The molecule has 0 aliphatic carbocycles. The predicted molar refractivity (Wildman–Crippen MR) is 73.4 cm³/mol. The number of hydrogen-bond donors (Lipinski definition) is 0. The van der Waals surface area contributed by atoms with Crippen molar-refractivity contribution in [2.24, 2.45) is 0 Å². The SMILES string of the molecule is C=C/C(=C/c1ccccc1)CCCCCC. The first-order chi connectivity index (χ1) is 7.86. The lowest BCUT2D eigenvalue weighted by Crippen LogP contribution is -1.82. The molecule has 0 radical (unpaired) electrons. The van der Waals surface area contributed by atoms with Gasteiger partial charge in [-0.2, -0.15) is 0 Å². The summed E-state index contributed by atoms with van der Waals surface area (Å²) < 4.78 is 0. The summed E-state index contributed by atoms with van der Waals surface area (Å²) in [6.45, 7) is 6.13. The Balaban J connectivity index is 2.47. The molecule has 0 heterocycles. The molecule has 0 bridgehead atoms. The molecular weight excluding hydrogens is 192 g/mol. The van der Waals surface area contributed by atoms with Crippen LogP contribution < -0.4 is 0 Å². The summed E-state index contributed by atoms with van der Waals surface area (Å²) in [5, 5.41) is 0. The van der Waals surface area contributed by atoms with Crippen LogP contribution in [0.4, 0.5) is 0 Å². The molecule has 0 aromatic heterocycles. The number of hydrogen-bond acceptors (Lipinski definition) is 0. The van der Waals surface area contributed by atoms with Gasteiger partial charge in [-0.3, -0.25) is 0 Å². The summed E-state index contributed by atoms with van der Waals surface area (Å²) in [5.74, 6) is 0. The molecule has 0 spiro atoms. The van der Waals surface area contributed by atoms with Gasteiger partial charge in [-0.1, -0.05) is 75.2 Å². The van der Waals surface area contributed by atoms with E-state index >= 15 is 0 Å². The number of rotatable bonds is 7. The second-order valence-corrected chi connectivity index (χ2v) is 4.14. The van der Waals surface area contributed by atoms with Gasteiger partial charge in [-0.25, -0.2) is 0 Å². The normalized spacial score (nSPS) is 11.4. The quantitative estimate of drug-likeness (QED) is 0.431. The Labute approximate surface area is 99.7 Å². The Morgan fingerprint density at radius 2 is 1.88 bits per heavy atom. The lowest BCUT2D eigenvalue weighted by atomic mass is 10.0. The number of unbranched alkanes of at least 4 members (excludes halogenated alkanes) is 3. The van der Waals surface area contributed by atoms with E-state index in [0.717, 1.165) is 6.42 Å². The largest absolute Gasteiger partial charge is 0.0988 e. The minimum Gasteiger partial charge on any atom is -0.0988 e. The highest BCUT2D eigenvalue weighted by Crippen LogP contribution is 2.14. The van der Waals surface area contributed by atoms with Crippen molar-refractivity contribution >= 4 is 6.08 Å². The Kier molecular flexibility index (Phi) is 6.32. The summed E-state index contributed by atoms with van der Waals surface area (Å²) in [6, 6.07) is 10.5. The molecule has 0 heteroatoms. The third-order valence-electron chi connectivity index (χ3n) is 2.73. The molecule has 1 aromatic rings. The molecule has 0 amide bonds. The number of benzene rings is 1. The third-order valence-corrected chi connectivity index (χ3v) is 2.73. The van der Waals surface area contributed by atoms with Crippen LogP contribution in [0.1, 0.15) is 44.6 Å². The first kappa shape index (κ1) is 12.8. The molecule has 0 unspecified atom stereocenters. The van der Waals surface area contributed by atoms with Crippen LogP contribution in [0.3, 0.4) is 0 Å². The molecule has 0 N–H and O–H groups in total. The monoisotopic (exact) mass is 214 g/mol. The fourth-order valence-electron chi connectivity index (χ4n) is 1.75. The van der Waals surface area contributed by atoms with E-state index in [1.54, 1.807) is 0 Å². The standard InChI is InChI=1S/C16H22/c1-3-5-6-8-11-15(4-2)14-16-12-9-7-10-13-16/h4,7,9-10,12-14H,2-3,5-6,8,11H2,1H3/b15-14-. The lowest BCUT2D eigenvalue weighted by Gasteiger charge is -2.02. The second kappa shape index (κ2) is 7.92. The second-order valence-electron chi connectivity index (χ2n) is 4.14. The van der Waals surface area contributed by atoms with Crippen molar-refractivity contribution in [3.05, 3.63) is 54.1 Å². The highest BCUT2D eigenvalue weighted by Gasteiger charge is 1.94. The zero-order chi connectivity index (χ0) is 11.6. The van der Waals surface area contributed by atoms with E-state index in [1.807, 2.05) is 12.1 Å². The summed E-state index contributed by atoms with van der Waals surface area (Å²) >= 11 is 0. The summed E-state index contributed by atoms with van der Waals surface area (Å²) in [4.78, 5) is 0. The van der Waals surface area contributed by atoms with Crippen molar-refractivity contribution in [1.29, 1.82) is 0 Å². The van der Waals surface area contributed by atoms with Gasteiger partial charge in [0, 0.05) is 0 Å². The van der Waals surface area contributed by atoms with E-state index in [1.165, 1.54) is 36.8 Å². The van der Waals surface area contributed by atoms with Crippen molar-refractivity contribution < 1.29 is 0 Å². The van der Waals surface area contributed by atoms with Crippen molar-refractivity contribution in [3.63, 3.8) is 0 Å². The molecule has 0 aliphatic rings. The molecule has 0 nitrogen and oxygen atoms in total. The maximum Gasteiger partial charge on any atom is -0.0254 e. The highest BCUT2D eigenvalue weighted by molar-refractivity contribution is 5.55. The number of allylic oxidation sites excluding steroid dienone is 2. The first-order valence-electron chi connectivity index (χ1n) is 6.25. The molecule has 0 saturated carbocycles. The third kappa shape index (κ3) is 4.97. The predicted octanol–water partition coefficient (Wildman–Crippen LogP) is 5.23. The van der Waals surface area contributed by atoms with Crippen molar-refractivity contribution in [2.75, 3.05) is 0 Å². The van der Waals surface area contributed by atoms with E-state index in [0.29, 0.717) is 0 Å². The van der Waals surface area contributed by atoms with Crippen LogP contribution in [0.5, 0.6) is 0 Å².